The lowest BCUT2D eigenvalue weighted by Crippen LogP contribution is -2.51. The average Bonchev–Trinajstić information content (AvgIpc) is 2.75. The van der Waals surface area contributed by atoms with Gasteiger partial charge in [0.1, 0.15) is 0 Å². The van der Waals surface area contributed by atoms with Gasteiger partial charge in [-0.1, -0.05) is 80.8 Å². The van der Waals surface area contributed by atoms with Gasteiger partial charge in [0.25, 0.3) is 0 Å². The lowest BCUT2D eigenvalue weighted by molar-refractivity contribution is 0.0806. The van der Waals surface area contributed by atoms with Crippen molar-refractivity contribution in [2.24, 2.45) is 0 Å². The second kappa shape index (κ2) is 8.04. The van der Waals surface area contributed by atoms with E-state index < -0.39 is 5.54 Å². The molecule has 0 unspecified atom stereocenters. The Morgan fingerprint density at radius 3 is 2.11 bits per heavy atom. The summed E-state index contributed by atoms with van der Waals surface area (Å²) in [6.45, 7) is 2.68. The molecule has 0 aromatic heterocycles. The molecule has 0 fully saturated rings. The van der Waals surface area contributed by atoms with Crippen LogP contribution in [0.2, 0.25) is 0 Å². The topological polar surface area (TPSA) is 52.5 Å². The smallest absolute Gasteiger partial charge is 0.0650 e. The van der Waals surface area contributed by atoms with Gasteiger partial charge in [0.15, 0.2) is 0 Å². The quantitative estimate of drug-likeness (QED) is 0.286. The van der Waals surface area contributed by atoms with Crippen LogP contribution >= 0.6 is 0 Å². The molecule has 0 heterocycles. The maximum Gasteiger partial charge on any atom is 0.0650 e. The number of rotatable bonds is 9. The number of aliphatic hydroxyl groups excluding tert-OH is 2. The van der Waals surface area contributed by atoms with Crippen molar-refractivity contribution in [1.29, 1.82) is 0 Å². The summed E-state index contributed by atoms with van der Waals surface area (Å²) in [5.74, 6) is 0. The minimum absolute atomic E-state index is 0.0565. The molecule has 0 saturated heterocycles. The van der Waals surface area contributed by atoms with Gasteiger partial charge in [-0.2, -0.15) is 0 Å². The SMILES string of the molecule is CCCCCC(CO)(CO)NCc1ccc2ccc3cccc4ccc1c2c34. The third-order valence-corrected chi connectivity index (χ3v) is 6.14. The molecule has 0 aliphatic carbocycles. The van der Waals surface area contributed by atoms with Crippen LogP contribution in [0, 0.1) is 0 Å². The molecule has 4 rings (SSSR count). The zero-order chi connectivity index (χ0) is 19.6. The molecule has 28 heavy (non-hydrogen) atoms. The Hall–Kier alpha value is -2.20. The van der Waals surface area contributed by atoms with E-state index in [0.29, 0.717) is 6.54 Å². The second-order valence-electron chi connectivity index (χ2n) is 7.99. The molecule has 3 N–H and O–H groups in total. The van der Waals surface area contributed by atoms with Crippen LogP contribution in [0.15, 0.2) is 54.6 Å². The van der Waals surface area contributed by atoms with E-state index in [1.54, 1.807) is 0 Å². The summed E-state index contributed by atoms with van der Waals surface area (Å²) in [5, 5.41) is 31.1. The van der Waals surface area contributed by atoms with Crippen molar-refractivity contribution in [2.45, 2.75) is 44.7 Å². The molecule has 0 amide bonds. The van der Waals surface area contributed by atoms with Crippen molar-refractivity contribution in [3.63, 3.8) is 0 Å². The van der Waals surface area contributed by atoms with Crippen LogP contribution in [-0.4, -0.2) is 29.0 Å². The molecule has 3 heteroatoms. The highest BCUT2D eigenvalue weighted by Gasteiger charge is 2.27. The van der Waals surface area contributed by atoms with Gasteiger partial charge in [0.05, 0.1) is 18.8 Å². The summed E-state index contributed by atoms with van der Waals surface area (Å²) in [5.41, 5.74) is 0.576. The molecular weight excluding hydrogens is 346 g/mol. The monoisotopic (exact) mass is 375 g/mol. The molecule has 0 atom stereocenters. The Morgan fingerprint density at radius 2 is 1.43 bits per heavy atom. The largest absolute Gasteiger partial charge is 0.394 e. The normalized spacial score (nSPS) is 12.5. The summed E-state index contributed by atoms with van der Waals surface area (Å²) < 4.78 is 0. The van der Waals surface area contributed by atoms with E-state index in [0.717, 1.165) is 25.7 Å². The average molecular weight is 376 g/mol. The summed E-state index contributed by atoms with van der Waals surface area (Å²) in [7, 11) is 0. The fourth-order valence-corrected chi connectivity index (χ4v) is 4.35. The van der Waals surface area contributed by atoms with Crippen LogP contribution in [0.4, 0.5) is 0 Å². The first kappa shape index (κ1) is 19.1. The minimum Gasteiger partial charge on any atom is -0.394 e. The molecule has 4 aromatic rings. The maximum absolute atomic E-state index is 9.97. The highest BCUT2D eigenvalue weighted by atomic mass is 16.3. The Balaban J connectivity index is 1.70. The van der Waals surface area contributed by atoms with Gasteiger partial charge in [-0.3, -0.25) is 0 Å². The van der Waals surface area contributed by atoms with Gasteiger partial charge in [0, 0.05) is 6.54 Å². The Morgan fingerprint density at radius 1 is 0.786 bits per heavy atom. The number of aliphatic hydroxyl groups is 2. The Kier molecular flexibility index (Phi) is 5.49. The Labute approximate surface area is 166 Å². The molecule has 0 saturated carbocycles. The lowest BCUT2D eigenvalue weighted by atomic mass is 9.90. The van der Waals surface area contributed by atoms with E-state index in [2.05, 4.69) is 66.8 Å². The Bertz CT molecular complexity index is 1050. The molecule has 146 valence electrons. The summed E-state index contributed by atoms with van der Waals surface area (Å²) in [4.78, 5) is 0. The van der Waals surface area contributed by atoms with Crippen molar-refractivity contribution in [3.8, 4) is 0 Å². The predicted molar refractivity (Wildman–Crippen MR) is 118 cm³/mol. The maximum atomic E-state index is 9.97. The zero-order valence-corrected chi connectivity index (χ0v) is 16.5. The first-order valence-electron chi connectivity index (χ1n) is 10.3. The summed E-state index contributed by atoms with van der Waals surface area (Å²) in [6.07, 6.45) is 4.02. The van der Waals surface area contributed by atoms with E-state index in [1.165, 1.54) is 37.9 Å². The van der Waals surface area contributed by atoms with Gasteiger partial charge < -0.3 is 15.5 Å². The van der Waals surface area contributed by atoms with Gasteiger partial charge >= 0.3 is 0 Å². The minimum atomic E-state index is -0.626. The lowest BCUT2D eigenvalue weighted by Gasteiger charge is -2.31. The van der Waals surface area contributed by atoms with E-state index in [-0.39, 0.29) is 13.2 Å². The van der Waals surface area contributed by atoms with Gasteiger partial charge in [-0.05, 0) is 44.3 Å². The highest BCUT2D eigenvalue weighted by Crippen LogP contribution is 2.36. The van der Waals surface area contributed by atoms with Gasteiger partial charge in [0.2, 0.25) is 0 Å². The van der Waals surface area contributed by atoms with Crippen LogP contribution in [-0.2, 0) is 6.54 Å². The number of nitrogens with one attached hydrogen (secondary N) is 1. The van der Waals surface area contributed by atoms with Crippen molar-refractivity contribution in [2.75, 3.05) is 13.2 Å². The van der Waals surface area contributed by atoms with Gasteiger partial charge in [-0.15, -0.1) is 0 Å². The molecule has 4 aromatic carbocycles. The molecule has 0 bridgehead atoms. The summed E-state index contributed by atoms with van der Waals surface area (Å²) in [6, 6.07) is 19.6. The molecule has 0 aliphatic rings. The molecule has 0 radical (unpaired) electrons. The number of benzene rings is 4. The number of hydrogen-bond acceptors (Lipinski definition) is 3. The van der Waals surface area contributed by atoms with Gasteiger partial charge in [-0.25, -0.2) is 0 Å². The summed E-state index contributed by atoms with van der Waals surface area (Å²) >= 11 is 0. The van der Waals surface area contributed by atoms with Crippen LogP contribution in [0.3, 0.4) is 0 Å². The van der Waals surface area contributed by atoms with Crippen LogP contribution in [0.25, 0.3) is 32.3 Å². The van der Waals surface area contributed by atoms with Crippen LogP contribution < -0.4 is 5.32 Å². The number of hydrogen-bond donors (Lipinski definition) is 3. The first-order valence-corrected chi connectivity index (χ1v) is 10.3. The first-order chi connectivity index (χ1) is 13.7. The molecule has 0 spiro atoms. The molecule has 3 nitrogen and oxygen atoms in total. The van der Waals surface area contributed by atoms with E-state index in [9.17, 15) is 10.2 Å². The van der Waals surface area contributed by atoms with E-state index >= 15 is 0 Å². The fraction of sp³-hybridized carbons (Fsp3) is 0.360. The van der Waals surface area contributed by atoms with Crippen molar-refractivity contribution in [3.05, 3.63) is 60.2 Å². The van der Waals surface area contributed by atoms with Crippen LogP contribution in [0.5, 0.6) is 0 Å². The van der Waals surface area contributed by atoms with Crippen LogP contribution in [0.1, 0.15) is 38.2 Å². The van der Waals surface area contributed by atoms with E-state index in [4.69, 9.17) is 0 Å². The second-order valence-corrected chi connectivity index (χ2v) is 7.99. The third-order valence-electron chi connectivity index (χ3n) is 6.14. The van der Waals surface area contributed by atoms with Crippen molar-refractivity contribution in [1.82, 2.24) is 5.32 Å². The van der Waals surface area contributed by atoms with E-state index in [1.807, 2.05) is 0 Å². The zero-order valence-electron chi connectivity index (χ0n) is 16.5. The van der Waals surface area contributed by atoms with Crippen molar-refractivity contribution >= 4 is 32.3 Å². The molecule has 0 aliphatic heterocycles. The highest BCUT2D eigenvalue weighted by molar-refractivity contribution is 6.23. The number of unbranched alkanes of at least 4 members (excludes halogenated alkanes) is 2. The fourth-order valence-electron chi connectivity index (χ4n) is 4.35. The van der Waals surface area contributed by atoms with Crippen molar-refractivity contribution < 1.29 is 10.2 Å². The predicted octanol–water partition coefficient (Wildman–Crippen LogP) is 4.98. The standard InChI is InChI=1S/C25H29NO2/c1-2-3-4-14-25(16-27,17-28)26-15-21-11-10-20-9-8-18-6-5-7-19-12-13-22(21)24(20)23(18)19/h5-13,26-28H,2-4,14-17H2,1H3. The third kappa shape index (κ3) is 3.35. The molecular formula is C25H29NO2.